The van der Waals surface area contributed by atoms with Gasteiger partial charge in [-0.25, -0.2) is 4.42 Å². The van der Waals surface area contributed by atoms with Gasteiger partial charge in [0.2, 0.25) is 0 Å². The molecule has 2 aromatic carbocycles. The lowest BCUT2D eigenvalue weighted by atomic mass is 10.1. The van der Waals surface area contributed by atoms with Crippen molar-refractivity contribution in [2.24, 2.45) is 0 Å². The zero-order valence-electron chi connectivity index (χ0n) is 11.0. The lowest BCUT2D eigenvalue weighted by molar-refractivity contribution is 0.459. The quantitative estimate of drug-likeness (QED) is 0.490. The molecule has 0 radical (unpaired) electrons. The summed E-state index contributed by atoms with van der Waals surface area (Å²) in [7, 11) is 0. The van der Waals surface area contributed by atoms with Crippen LogP contribution in [0, 0.1) is 0 Å². The largest absolute Gasteiger partial charge is 0.508 e. The van der Waals surface area contributed by atoms with Gasteiger partial charge >= 0.3 is 11.3 Å². The molecule has 3 aromatic rings. The summed E-state index contributed by atoms with van der Waals surface area (Å²) in [4.78, 5) is 0. The molecule has 0 bridgehead atoms. The monoisotopic (exact) mass is 281 g/mol. The molecule has 21 heavy (non-hydrogen) atoms. The highest BCUT2D eigenvalue weighted by molar-refractivity contribution is 5.80. The summed E-state index contributed by atoms with van der Waals surface area (Å²) in [6.07, 6.45) is 3.35. The van der Waals surface area contributed by atoms with E-state index < -0.39 is 0 Å². The second-order valence-corrected chi connectivity index (χ2v) is 4.64. The molecule has 0 saturated carbocycles. The van der Waals surface area contributed by atoms with Crippen LogP contribution in [0.4, 0.5) is 0 Å². The van der Waals surface area contributed by atoms with Crippen molar-refractivity contribution in [1.29, 1.82) is 0 Å². The van der Waals surface area contributed by atoms with Crippen LogP contribution in [0.1, 0.15) is 11.3 Å². The van der Waals surface area contributed by atoms with Crippen LogP contribution < -0.4 is 0 Å². The predicted octanol–water partition coefficient (Wildman–Crippen LogP) is 4.00. The molecule has 0 saturated heterocycles. The van der Waals surface area contributed by atoms with Gasteiger partial charge in [0, 0.05) is 23.8 Å². The van der Waals surface area contributed by atoms with Gasteiger partial charge in [-0.15, -0.1) is 0 Å². The third-order valence-electron chi connectivity index (χ3n) is 3.09. The van der Waals surface area contributed by atoms with Crippen molar-refractivity contribution in [1.82, 2.24) is 0 Å². The number of rotatable bonds is 2. The summed E-state index contributed by atoms with van der Waals surface area (Å²) in [5.74, 6) is 0.940. The number of hydrogen-bond acceptors (Lipinski definition) is 3. The highest BCUT2D eigenvalue weighted by Crippen LogP contribution is 2.25. The summed E-state index contributed by atoms with van der Waals surface area (Å²) in [5.41, 5.74) is 1.14. The molecule has 0 aliphatic rings. The molecule has 0 unspecified atom stereocenters. The van der Waals surface area contributed by atoms with Gasteiger partial charge in [-0.1, -0.05) is 0 Å². The minimum Gasteiger partial charge on any atom is -0.508 e. The summed E-state index contributed by atoms with van der Waals surface area (Å²) in [5, 5.41) is 29.3. The number of benzene rings is 2. The molecule has 1 aromatic heterocycles. The molecular weight excluding hydrogens is 268 g/mol. The van der Waals surface area contributed by atoms with Gasteiger partial charge in [-0.3, -0.25) is 0 Å². The third-order valence-corrected chi connectivity index (χ3v) is 3.09. The third kappa shape index (κ3) is 2.79. The van der Waals surface area contributed by atoms with Crippen LogP contribution in [-0.2, 0) is 0 Å². The second-order valence-electron chi connectivity index (χ2n) is 4.64. The standard InChI is InChI=1S/C17H12O4/c18-13-3-7-16(20)11(9-13)1-5-15-6-2-12-10-14(19)4-8-17(12)21-15/h1-10H,(H2-,18,19,20)/p+1/b5-1-. The first-order chi connectivity index (χ1) is 10.1. The Morgan fingerprint density at radius 3 is 2.38 bits per heavy atom. The maximum Gasteiger partial charge on any atom is 0.361 e. The van der Waals surface area contributed by atoms with E-state index in [9.17, 15) is 15.3 Å². The molecule has 0 spiro atoms. The Morgan fingerprint density at radius 1 is 0.762 bits per heavy atom. The predicted molar refractivity (Wildman–Crippen MR) is 81.0 cm³/mol. The summed E-state index contributed by atoms with van der Waals surface area (Å²) < 4.78 is 5.67. The fourth-order valence-corrected chi connectivity index (χ4v) is 2.03. The van der Waals surface area contributed by atoms with Crippen molar-refractivity contribution in [2.45, 2.75) is 0 Å². The van der Waals surface area contributed by atoms with Crippen molar-refractivity contribution in [3.63, 3.8) is 0 Å². The Hall–Kier alpha value is -3.01. The molecule has 0 amide bonds. The Balaban J connectivity index is 1.95. The molecular formula is C17H13O4+. The summed E-state index contributed by atoms with van der Waals surface area (Å²) in [6.45, 7) is 0. The smallest absolute Gasteiger partial charge is 0.361 e. The van der Waals surface area contributed by atoms with Gasteiger partial charge in [0.15, 0.2) is 0 Å². The van der Waals surface area contributed by atoms with E-state index in [1.807, 2.05) is 6.07 Å². The SMILES string of the molecule is Oc1ccc(O)c(/C=C\c2ccc3cc(O)ccc3[o+]2)c1. The first-order valence-electron chi connectivity index (χ1n) is 6.38. The van der Waals surface area contributed by atoms with Crippen LogP contribution in [0.15, 0.2) is 52.9 Å². The van der Waals surface area contributed by atoms with Crippen molar-refractivity contribution < 1.29 is 19.7 Å². The first kappa shape index (κ1) is 13.0. The summed E-state index contributed by atoms with van der Waals surface area (Å²) >= 11 is 0. The number of phenolic OH excluding ortho intramolecular Hbond substituents is 3. The van der Waals surface area contributed by atoms with Gasteiger partial charge in [0.05, 0.1) is 5.39 Å². The fourth-order valence-electron chi connectivity index (χ4n) is 2.03. The zero-order valence-corrected chi connectivity index (χ0v) is 11.0. The number of fused-ring (bicyclic) bond motifs is 1. The molecule has 3 rings (SSSR count). The van der Waals surface area contributed by atoms with E-state index in [-0.39, 0.29) is 17.2 Å². The van der Waals surface area contributed by atoms with Gasteiger partial charge in [-0.2, -0.15) is 0 Å². The average molecular weight is 281 g/mol. The van der Waals surface area contributed by atoms with Gasteiger partial charge < -0.3 is 15.3 Å². The van der Waals surface area contributed by atoms with Crippen molar-refractivity contribution in [3.8, 4) is 17.2 Å². The van der Waals surface area contributed by atoms with Crippen LogP contribution in [0.3, 0.4) is 0 Å². The number of aromatic hydroxyl groups is 3. The van der Waals surface area contributed by atoms with E-state index in [2.05, 4.69) is 0 Å². The molecule has 4 nitrogen and oxygen atoms in total. The minimum absolute atomic E-state index is 0.0785. The topological polar surface area (TPSA) is 72.0 Å². The molecule has 1 heterocycles. The molecule has 0 aliphatic heterocycles. The second kappa shape index (κ2) is 5.17. The van der Waals surface area contributed by atoms with E-state index in [0.717, 1.165) is 5.39 Å². The molecule has 4 heteroatoms. The lowest BCUT2D eigenvalue weighted by Crippen LogP contribution is -1.77. The van der Waals surface area contributed by atoms with Crippen LogP contribution in [0.5, 0.6) is 17.2 Å². The van der Waals surface area contributed by atoms with E-state index in [0.29, 0.717) is 16.9 Å². The average Bonchev–Trinajstić information content (AvgIpc) is 2.48. The fraction of sp³-hybridized carbons (Fsp3) is 0. The van der Waals surface area contributed by atoms with Crippen molar-refractivity contribution >= 4 is 23.1 Å². The van der Waals surface area contributed by atoms with E-state index >= 15 is 0 Å². The van der Waals surface area contributed by atoms with Gasteiger partial charge in [0.1, 0.15) is 17.2 Å². The zero-order chi connectivity index (χ0) is 14.8. The van der Waals surface area contributed by atoms with E-state index in [1.165, 1.54) is 18.2 Å². The molecule has 0 fully saturated rings. The highest BCUT2D eigenvalue weighted by atomic mass is 16.3. The molecule has 0 aliphatic carbocycles. The Kier molecular flexibility index (Phi) is 3.20. The molecule has 104 valence electrons. The van der Waals surface area contributed by atoms with Crippen LogP contribution in [0.2, 0.25) is 0 Å². The molecule has 3 N–H and O–H groups in total. The molecule has 0 atom stereocenters. The maximum atomic E-state index is 9.69. The van der Waals surface area contributed by atoms with E-state index in [1.54, 1.807) is 36.4 Å². The highest BCUT2D eigenvalue weighted by Gasteiger charge is 2.10. The van der Waals surface area contributed by atoms with Crippen LogP contribution >= 0.6 is 0 Å². The first-order valence-corrected chi connectivity index (χ1v) is 6.38. The lowest BCUT2D eigenvalue weighted by Gasteiger charge is -1.98. The van der Waals surface area contributed by atoms with Gasteiger partial charge in [0.25, 0.3) is 0 Å². The van der Waals surface area contributed by atoms with Crippen LogP contribution in [-0.4, -0.2) is 15.3 Å². The Morgan fingerprint density at radius 2 is 1.52 bits per heavy atom. The Bertz CT molecular complexity index is 837. The normalized spacial score (nSPS) is 11.2. The minimum atomic E-state index is 0.0785. The van der Waals surface area contributed by atoms with Crippen molar-refractivity contribution in [3.05, 3.63) is 59.9 Å². The number of phenols is 3. The number of hydrogen-bond donors (Lipinski definition) is 3. The Labute approximate surface area is 120 Å². The maximum absolute atomic E-state index is 9.69. The van der Waals surface area contributed by atoms with Gasteiger partial charge in [-0.05, 0) is 42.5 Å². The van der Waals surface area contributed by atoms with E-state index in [4.69, 9.17) is 4.42 Å². The van der Waals surface area contributed by atoms with Crippen molar-refractivity contribution in [2.75, 3.05) is 0 Å². The summed E-state index contributed by atoms with van der Waals surface area (Å²) in [6, 6.07) is 12.8. The van der Waals surface area contributed by atoms with Crippen LogP contribution in [0.25, 0.3) is 23.1 Å².